The smallest absolute Gasteiger partial charge is 0.283 e. The van der Waals surface area contributed by atoms with Gasteiger partial charge in [0.2, 0.25) is 0 Å². The molecule has 0 bridgehead atoms. The van der Waals surface area contributed by atoms with Crippen molar-refractivity contribution < 1.29 is 14.3 Å². The Morgan fingerprint density at radius 3 is 2.72 bits per heavy atom. The van der Waals surface area contributed by atoms with Gasteiger partial charge in [-0.3, -0.25) is 4.79 Å². The van der Waals surface area contributed by atoms with Gasteiger partial charge < -0.3 is 9.47 Å². The van der Waals surface area contributed by atoms with Crippen molar-refractivity contribution in [2.75, 3.05) is 14.2 Å². The average molecular weight is 375 g/mol. The van der Waals surface area contributed by atoms with Crippen molar-refractivity contribution >= 4 is 45.1 Å². The van der Waals surface area contributed by atoms with Crippen LogP contribution in [-0.4, -0.2) is 26.3 Å². The number of amides is 1. The normalized spacial score (nSPS) is 11.0. The number of ether oxygens (including phenoxy) is 2. The summed E-state index contributed by atoms with van der Waals surface area (Å²) in [4.78, 5) is 12.8. The molecule has 0 saturated heterocycles. The first-order valence-electron chi connectivity index (χ1n) is 7.36. The number of thiophene rings is 1. The summed E-state index contributed by atoms with van der Waals surface area (Å²) in [6.45, 7) is 0. The number of hydrogen-bond acceptors (Lipinski definition) is 5. The second-order valence-corrected chi connectivity index (χ2v) is 6.48. The Hall–Kier alpha value is -2.57. The van der Waals surface area contributed by atoms with Gasteiger partial charge in [-0.25, -0.2) is 5.43 Å². The molecule has 0 atom stereocenters. The zero-order valence-electron chi connectivity index (χ0n) is 13.6. The monoisotopic (exact) mass is 374 g/mol. The number of fused-ring (bicyclic) bond motifs is 1. The van der Waals surface area contributed by atoms with Crippen LogP contribution >= 0.6 is 22.9 Å². The number of halogens is 1. The van der Waals surface area contributed by atoms with Crippen molar-refractivity contribution in [1.82, 2.24) is 5.43 Å². The summed E-state index contributed by atoms with van der Waals surface area (Å²) < 4.78 is 11.4. The van der Waals surface area contributed by atoms with Gasteiger partial charge in [0.1, 0.15) is 16.4 Å². The van der Waals surface area contributed by atoms with Crippen LogP contribution in [0.25, 0.3) is 10.1 Å². The summed E-state index contributed by atoms with van der Waals surface area (Å²) in [7, 11) is 3.14. The Labute approximate surface area is 153 Å². The van der Waals surface area contributed by atoms with Crippen LogP contribution in [0, 0.1) is 0 Å². The van der Waals surface area contributed by atoms with Crippen LogP contribution in [0.2, 0.25) is 5.02 Å². The fourth-order valence-corrected chi connectivity index (χ4v) is 3.72. The predicted octanol–water partition coefficient (Wildman–Crippen LogP) is 4.34. The number of nitrogens with zero attached hydrogens (tertiary/aromatic N) is 1. The number of methoxy groups -OCH3 is 2. The lowest BCUT2D eigenvalue weighted by Crippen LogP contribution is -2.16. The maximum atomic E-state index is 12.3. The van der Waals surface area contributed by atoms with E-state index in [0.717, 1.165) is 10.1 Å². The minimum absolute atomic E-state index is 0.357. The van der Waals surface area contributed by atoms with Crippen molar-refractivity contribution in [3.63, 3.8) is 0 Å². The van der Waals surface area contributed by atoms with Crippen molar-refractivity contribution in [2.45, 2.75) is 0 Å². The SMILES string of the molecule is COc1ccc(OC)c(/C=N\NC(=O)c2sc3ccccc3c2Cl)c1. The molecule has 3 aromatic rings. The zero-order valence-corrected chi connectivity index (χ0v) is 15.1. The predicted molar refractivity (Wildman–Crippen MR) is 101 cm³/mol. The molecule has 0 unspecified atom stereocenters. The molecule has 2 aromatic carbocycles. The molecule has 0 radical (unpaired) electrons. The maximum Gasteiger partial charge on any atom is 0.283 e. The maximum absolute atomic E-state index is 12.3. The van der Waals surface area contributed by atoms with E-state index in [9.17, 15) is 4.79 Å². The summed E-state index contributed by atoms with van der Waals surface area (Å²) in [5.74, 6) is 0.934. The first-order valence-corrected chi connectivity index (χ1v) is 8.56. The van der Waals surface area contributed by atoms with Crippen LogP contribution in [0.3, 0.4) is 0 Å². The van der Waals surface area contributed by atoms with Gasteiger partial charge >= 0.3 is 0 Å². The lowest BCUT2D eigenvalue weighted by molar-refractivity contribution is 0.0959. The van der Waals surface area contributed by atoms with E-state index in [4.69, 9.17) is 21.1 Å². The van der Waals surface area contributed by atoms with Crippen LogP contribution < -0.4 is 14.9 Å². The molecular formula is C18H15ClN2O3S. The van der Waals surface area contributed by atoms with Crippen LogP contribution in [-0.2, 0) is 0 Å². The zero-order chi connectivity index (χ0) is 17.8. The van der Waals surface area contributed by atoms with E-state index in [1.165, 1.54) is 17.6 Å². The van der Waals surface area contributed by atoms with E-state index < -0.39 is 0 Å². The first kappa shape index (κ1) is 17.3. The topological polar surface area (TPSA) is 59.9 Å². The van der Waals surface area contributed by atoms with Crippen molar-refractivity contribution in [1.29, 1.82) is 0 Å². The quantitative estimate of drug-likeness (QED) is 0.534. The van der Waals surface area contributed by atoms with Crippen LogP contribution in [0.1, 0.15) is 15.2 Å². The second kappa shape index (κ2) is 7.55. The van der Waals surface area contributed by atoms with Crippen LogP contribution in [0.15, 0.2) is 47.6 Å². The Morgan fingerprint density at radius 1 is 1.20 bits per heavy atom. The molecule has 7 heteroatoms. The van der Waals surface area contributed by atoms with Crippen LogP contribution in [0.5, 0.6) is 11.5 Å². The fraction of sp³-hybridized carbons (Fsp3) is 0.111. The lowest BCUT2D eigenvalue weighted by Gasteiger charge is -2.06. The van der Waals surface area contributed by atoms with Crippen molar-refractivity contribution in [3.05, 3.63) is 57.9 Å². The third-order valence-corrected chi connectivity index (χ3v) is 5.22. The molecule has 0 saturated carbocycles. The first-order chi connectivity index (χ1) is 12.1. The molecule has 0 fully saturated rings. The average Bonchev–Trinajstić information content (AvgIpc) is 2.98. The lowest BCUT2D eigenvalue weighted by atomic mass is 10.2. The summed E-state index contributed by atoms with van der Waals surface area (Å²) in [6, 6.07) is 12.9. The summed E-state index contributed by atoms with van der Waals surface area (Å²) in [5.41, 5.74) is 3.18. The molecule has 0 aliphatic rings. The van der Waals surface area contributed by atoms with E-state index in [2.05, 4.69) is 10.5 Å². The van der Waals surface area contributed by atoms with Gasteiger partial charge in [0.25, 0.3) is 5.91 Å². The van der Waals surface area contributed by atoms with E-state index in [0.29, 0.717) is 27.0 Å². The largest absolute Gasteiger partial charge is 0.497 e. The van der Waals surface area contributed by atoms with Gasteiger partial charge in [-0.05, 0) is 24.3 Å². The molecule has 5 nitrogen and oxygen atoms in total. The highest BCUT2D eigenvalue weighted by Crippen LogP contribution is 2.34. The number of hydrogen-bond donors (Lipinski definition) is 1. The molecule has 1 heterocycles. The number of hydrazone groups is 1. The highest BCUT2D eigenvalue weighted by molar-refractivity contribution is 7.21. The molecule has 0 spiro atoms. The summed E-state index contributed by atoms with van der Waals surface area (Å²) >= 11 is 7.63. The van der Waals surface area contributed by atoms with Crippen molar-refractivity contribution in [3.8, 4) is 11.5 Å². The minimum Gasteiger partial charge on any atom is -0.497 e. The molecule has 25 heavy (non-hydrogen) atoms. The van der Waals surface area contributed by atoms with Gasteiger partial charge in [0, 0.05) is 15.6 Å². The van der Waals surface area contributed by atoms with E-state index in [1.54, 1.807) is 32.4 Å². The Morgan fingerprint density at radius 2 is 2.00 bits per heavy atom. The van der Waals surface area contributed by atoms with Crippen LogP contribution in [0.4, 0.5) is 0 Å². The van der Waals surface area contributed by atoms with Gasteiger partial charge in [0.05, 0.1) is 25.5 Å². The van der Waals surface area contributed by atoms with Gasteiger partial charge in [0.15, 0.2) is 0 Å². The van der Waals surface area contributed by atoms with Crippen molar-refractivity contribution in [2.24, 2.45) is 5.10 Å². The van der Waals surface area contributed by atoms with E-state index in [1.807, 2.05) is 24.3 Å². The summed E-state index contributed by atoms with van der Waals surface area (Å²) in [6.07, 6.45) is 1.50. The number of nitrogens with one attached hydrogen (secondary N) is 1. The Kier molecular flexibility index (Phi) is 5.21. The second-order valence-electron chi connectivity index (χ2n) is 5.05. The van der Waals surface area contributed by atoms with Gasteiger partial charge in [-0.2, -0.15) is 5.10 Å². The standard InChI is InChI=1S/C18H15ClN2O3S/c1-23-12-7-8-14(24-2)11(9-12)10-20-21-18(22)17-16(19)13-5-3-4-6-15(13)25-17/h3-10H,1-2H3,(H,21,22)/b20-10-. The van der Waals surface area contributed by atoms with E-state index in [-0.39, 0.29) is 5.91 Å². The Balaban J connectivity index is 1.80. The third-order valence-electron chi connectivity index (χ3n) is 3.55. The molecule has 1 amide bonds. The molecule has 3 rings (SSSR count). The number of carbonyl (C=O) groups excluding carboxylic acids is 1. The molecule has 0 aliphatic carbocycles. The molecule has 1 aromatic heterocycles. The number of carbonyl (C=O) groups is 1. The third kappa shape index (κ3) is 3.60. The summed E-state index contributed by atoms with van der Waals surface area (Å²) in [5, 5.41) is 5.30. The van der Waals surface area contributed by atoms with Gasteiger partial charge in [-0.15, -0.1) is 11.3 Å². The highest BCUT2D eigenvalue weighted by Gasteiger charge is 2.16. The van der Waals surface area contributed by atoms with Gasteiger partial charge in [-0.1, -0.05) is 29.8 Å². The molecule has 1 N–H and O–H groups in total. The highest BCUT2D eigenvalue weighted by atomic mass is 35.5. The minimum atomic E-state index is -0.357. The Bertz CT molecular complexity index is 953. The molecule has 128 valence electrons. The fourth-order valence-electron chi connectivity index (χ4n) is 2.31. The number of benzene rings is 2. The number of rotatable bonds is 5. The van der Waals surface area contributed by atoms with E-state index >= 15 is 0 Å². The molecular weight excluding hydrogens is 360 g/mol. The molecule has 0 aliphatic heterocycles.